The molecular weight excluding hydrogens is 464 g/mol. The molecule has 1 aliphatic heterocycles. The molecule has 3 aromatic carbocycles. The zero-order valence-corrected chi connectivity index (χ0v) is 21.2. The first-order valence-corrected chi connectivity index (χ1v) is 13.4. The van der Waals surface area contributed by atoms with Crippen molar-refractivity contribution in [2.75, 3.05) is 25.0 Å². The number of benzene rings is 3. The molecular formula is C31H31ClN4. The van der Waals surface area contributed by atoms with Crippen LogP contribution in [-0.2, 0) is 12.8 Å². The zero-order valence-electron chi connectivity index (χ0n) is 20.5. The predicted molar refractivity (Wildman–Crippen MR) is 148 cm³/mol. The molecule has 4 nitrogen and oxygen atoms in total. The van der Waals surface area contributed by atoms with E-state index in [1.54, 1.807) is 0 Å². The number of hydrogen-bond acceptors (Lipinski definition) is 4. The van der Waals surface area contributed by atoms with Crippen LogP contribution in [0.5, 0.6) is 0 Å². The fourth-order valence-corrected chi connectivity index (χ4v) is 5.67. The summed E-state index contributed by atoms with van der Waals surface area (Å²) in [5.74, 6) is 0.903. The molecule has 1 aliphatic carbocycles. The van der Waals surface area contributed by atoms with E-state index >= 15 is 0 Å². The summed E-state index contributed by atoms with van der Waals surface area (Å²) in [6.07, 6.45) is 8.03. The average molecular weight is 495 g/mol. The molecule has 0 amide bonds. The third-order valence-corrected chi connectivity index (χ3v) is 7.78. The van der Waals surface area contributed by atoms with Crippen LogP contribution in [0.25, 0.3) is 11.3 Å². The number of halogens is 1. The monoisotopic (exact) mass is 494 g/mol. The Balaban J connectivity index is 1.19. The number of anilines is 2. The summed E-state index contributed by atoms with van der Waals surface area (Å²) in [7, 11) is 0. The largest absolute Gasteiger partial charge is 0.324 e. The summed E-state index contributed by atoms with van der Waals surface area (Å²) in [6.45, 7) is 3.65. The summed E-state index contributed by atoms with van der Waals surface area (Å²) in [4.78, 5) is 12.2. The smallest absolute Gasteiger partial charge is 0.227 e. The number of nitrogens with zero attached hydrogens (tertiary/aromatic N) is 3. The van der Waals surface area contributed by atoms with Crippen LogP contribution in [0.15, 0.2) is 79.0 Å². The molecule has 1 atom stereocenters. The van der Waals surface area contributed by atoms with Crippen molar-refractivity contribution < 1.29 is 0 Å². The Hall–Kier alpha value is -3.21. The molecule has 1 fully saturated rings. The zero-order chi connectivity index (χ0) is 24.3. The molecule has 0 saturated carbocycles. The van der Waals surface area contributed by atoms with Crippen LogP contribution < -0.4 is 5.32 Å². The predicted octanol–water partition coefficient (Wildman–Crippen LogP) is 7.26. The number of piperidine rings is 1. The van der Waals surface area contributed by atoms with E-state index in [-0.39, 0.29) is 5.92 Å². The van der Waals surface area contributed by atoms with E-state index in [0.717, 1.165) is 35.8 Å². The van der Waals surface area contributed by atoms with Crippen LogP contribution in [0, 0.1) is 0 Å². The first-order valence-electron chi connectivity index (χ1n) is 13.0. The second-order valence-corrected chi connectivity index (χ2v) is 10.4. The van der Waals surface area contributed by atoms with Crippen molar-refractivity contribution in [3.8, 4) is 11.3 Å². The van der Waals surface area contributed by atoms with Gasteiger partial charge in [0.05, 0.1) is 5.69 Å². The molecule has 1 saturated heterocycles. The van der Waals surface area contributed by atoms with Crippen molar-refractivity contribution in [3.63, 3.8) is 0 Å². The normalized spacial score (nSPS) is 17.3. The number of aromatic nitrogens is 2. The van der Waals surface area contributed by atoms with Crippen molar-refractivity contribution in [1.29, 1.82) is 0 Å². The van der Waals surface area contributed by atoms with Gasteiger partial charge in [-0.1, -0.05) is 66.6 Å². The maximum Gasteiger partial charge on any atom is 0.227 e. The molecule has 6 rings (SSSR count). The average Bonchev–Trinajstić information content (AvgIpc) is 2.93. The molecule has 4 aromatic rings. The van der Waals surface area contributed by atoms with Gasteiger partial charge in [-0.15, -0.1) is 0 Å². The van der Waals surface area contributed by atoms with Gasteiger partial charge in [-0.3, -0.25) is 0 Å². The Morgan fingerprint density at radius 3 is 2.47 bits per heavy atom. The highest BCUT2D eigenvalue weighted by Crippen LogP contribution is 2.42. The van der Waals surface area contributed by atoms with Gasteiger partial charge in [-0.25, -0.2) is 9.97 Å². The van der Waals surface area contributed by atoms with Gasteiger partial charge in [0.2, 0.25) is 5.95 Å². The van der Waals surface area contributed by atoms with E-state index in [0.29, 0.717) is 5.95 Å². The van der Waals surface area contributed by atoms with Gasteiger partial charge < -0.3 is 10.2 Å². The van der Waals surface area contributed by atoms with E-state index in [1.807, 2.05) is 18.3 Å². The fraction of sp³-hybridized carbons (Fsp3) is 0.290. The molecule has 5 heteroatoms. The van der Waals surface area contributed by atoms with Crippen molar-refractivity contribution in [3.05, 3.63) is 106 Å². The molecule has 2 aliphatic rings. The van der Waals surface area contributed by atoms with E-state index in [2.05, 4.69) is 75.9 Å². The summed E-state index contributed by atoms with van der Waals surface area (Å²) in [5.41, 5.74) is 8.32. The van der Waals surface area contributed by atoms with E-state index in [1.165, 1.54) is 60.2 Å². The number of rotatable bonds is 6. The summed E-state index contributed by atoms with van der Waals surface area (Å²) >= 11 is 6.14. The van der Waals surface area contributed by atoms with Crippen molar-refractivity contribution in [2.24, 2.45) is 0 Å². The lowest BCUT2D eigenvalue weighted by Crippen LogP contribution is -2.31. The topological polar surface area (TPSA) is 41.1 Å². The van der Waals surface area contributed by atoms with Gasteiger partial charge in [0.25, 0.3) is 0 Å². The van der Waals surface area contributed by atoms with Gasteiger partial charge >= 0.3 is 0 Å². The second-order valence-electron chi connectivity index (χ2n) is 9.94. The minimum atomic E-state index is 0.269. The maximum absolute atomic E-state index is 6.14. The van der Waals surface area contributed by atoms with Gasteiger partial charge in [-0.05, 0) is 85.3 Å². The summed E-state index contributed by atoms with van der Waals surface area (Å²) in [6, 6.07) is 25.5. The van der Waals surface area contributed by atoms with Crippen LogP contribution in [-0.4, -0.2) is 34.5 Å². The highest BCUT2D eigenvalue weighted by atomic mass is 35.5. The standard InChI is InChI=1S/C31H31ClN4/c32-25-12-10-23(11-13-25)29-20-24-21-33-31(35-30(24)28-7-3-2-6-27(28)29)34-26-14-8-22(9-15-26)16-19-36-17-4-1-5-18-36/h2-3,6-15,21,29H,1,4-5,16-20H2,(H,33,34,35)/t29-/m0/s1. The molecule has 182 valence electrons. The fourth-order valence-electron chi connectivity index (χ4n) is 5.54. The molecule has 0 bridgehead atoms. The Morgan fingerprint density at radius 1 is 0.889 bits per heavy atom. The maximum atomic E-state index is 6.14. The summed E-state index contributed by atoms with van der Waals surface area (Å²) < 4.78 is 0. The quantitative estimate of drug-likeness (QED) is 0.306. The first kappa shape index (κ1) is 23.2. The van der Waals surface area contributed by atoms with E-state index in [9.17, 15) is 0 Å². The second kappa shape index (κ2) is 10.4. The first-order chi connectivity index (χ1) is 17.7. The van der Waals surface area contributed by atoms with Crippen LogP contribution in [0.1, 0.15) is 47.4 Å². The lowest BCUT2D eigenvalue weighted by atomic mass is 9.78. The minimum absolute atomic E-state index is 0.269. The number of fused-ring (bicyclic) bond motifs is 3. The summed E-state index contributed by atoms with van der Waals surface area (Å²) in [5, 5.41) is 4.18. The number of nitrogens with one attached hydrogen (secondary N) is 1. The van der Waals surface area contributed by atoms with Crippen molar-refractivity contribution in [2.45, 2.75) is 38.0 Å². The van der Waals surface area contributed by atoms with Crippen LogP contribution >= 0.6 is 11.6 Å². The van der Waals surface area contributed by atoms with Gasteiger partial charge in [-0.2, -0.15) is 0 Å². The molecule has 2 heterocycles. The van der Waals surface area contributed by atoms with Crippen LogP contribution in [0.4, 0.5) is 11.6 Å². The Labute approximate surface area is 218 Å². The van der Waals surface area contributed by atoms with E-state index < -0.39 is 0 Å². The number of likely N-dealkylation sites (tertiary alicyclic amines) is 1. The molecule has 1 N–H and O–H groups in total. The third kappa shape index (κ3) is 5.02. The van der Waals surface area contributed by atoms with Crippen molar-refractivity contribution in [1.82, 2.24) is 14.9 Å². The van der Waals surface area contributed by atoms with Gasteiger partial charge in [0, 0.05) is 34.9 Å². The highest BCUT2D eigenvalue weighted by molar-refractivity contribution is 6.30. The Kier molecular flexibility index (Phi) is 6.71. The molecule has 0 unspecified atom stereocenters. The lowest BCUT2D eigenvalue weighted by molar-refractivity contribution is 0.231. The molecule has 0 spiro atoms. The van der Waals surface area contributed by atoms with Crippen LogP contribution in [0.2, 0.25) is 5.02 Å². The Morgan fingerprint density at radius 2 is 1.67 bits per heavy atom. The molecule has 36 heavy (non-hydrogen) atoms. The number of hydrogen-bond donors (Lipinski definition) is 1. The Bertz CT molecular complexity index is 1330. The highest BCUT2D eigenvalue weighted by Gasteiger charge is 2.27. The van der Waals surface area contributed by atoms with Gasteiger partial charge in [0.15, 0.2) is 0 Å². The third-order valence-electron chi connectivity index (χ3n) is 7.53. The minimum Gasteiger partial charge on any atom is -0.324 e. The SMILES string of the molecule is Clc1ccc([C@@H]2Cc3cnc(Nc4ccc(CCN5CCCCC5)cc4)nc3-c3ccccc32)cc1. The van der Waals surface area contributed by atoms with Gasteiger partial charge in [0.1, 0.15) is 0 Å². The molecule has 0 radical (unpaired) electrons. The van der Waals surface area contributed by atoms with Crippen molar-refractivity contribution >= 4 is 23.2 Å². The molecule has 1 aromatic heterocycles. The van der Waals surface area contributed by atoms with E-state index in [4.69, 9.17) is 16.6 Å². The van der Waals surface area contributed by atoms with Crippen LogP contribution in [0.3, 0.4) is 0 Å². The lowest BCUT2D eigenvalue weighted by Gasteiger charge is -2.27.